The van der Waals surface area contributed by atoms with Crippen LogP contribution >= 0.6 is 12.4 Å². The fourth-order valence-corrected chi connectivity index (χ4v) is 3.30. The van der Waals surface area contributed by atoms with Crippen LogP contribution in [0.1, 0.15) is 18.4 Å². The fraction of sp³-hybridized carbons (Fsp3) is 0.278. The smallest absolute Gasteiger partial charge is 0.224 e. The molecule has 0 spiro atoms. The second kappa shape index (κ2) is 11.0. The monoisotopic (exact) mass is 366 g/mol. The van der Waals surface area contributed by atoms with Gasteiger partial charge in [-0.05, 0) is 49.8 Å². The van der Waals surface area contributed by atoms with E-state index in [0.717, 1.165) is 29.1 Å². The molecule has 2 rings (SSSR count). The number of hydrogen-bond donors (Lipinski definition) is 2. The van der Waals surface area contributed by atoms with Crippen molar-refractivity contribution in [1.82, 2.24) is 5.32 Å². The van der Waals surface area contributed by atoms with Crippen LogP contribution in [0.25, 0.3) is 0 Å². The second-order valence-corrected chi connectivity index (χ2v) is 6.71. The minimum Gasteiger partial charge on any atom is -0.326 e. The van der Waals surface area contributed by atoms with Crippen LogP contribution in [0.3, 0.4) is 0 Å². The van der Waals surface area contributed by atoms with Crippen LogP contribution in [-0.2, 0) is 21.3 Å². The lowest BCUT2D eigenvalue weighted by Crippen LogP contribution is -2.15. The summed E-state index contributed by atoms with van der Waals surface area (Å²) in [6.45, 7) is 0.823. The van der Waals surface area contributed by atoms with Gasteiger partial charge in [-0.3, -0.25) is 9.00 Å². The van der Waals surface area contributed by atoms with E-state index in [0.29, 0.717) is 12.2 Å². The van der Waals surface area contributed by atoms with Crippen molar-refractivity contribution in [2.45, 2.75) is 23.5 Å². The van der Waals surface area contributed by atoms with Gasteiger partial charge in [-0.25, -0.2) is 0 Å². The Hall–Kier alpha value is -1.69. The van der Waals surface area contributed by atoms with Gasteiger partial charge in [0.2, 0.25) is 5.91 Å². The highest BCUT2D eigenvalue weighted by Gasteiger charge is 2.07. The first-order chi connectivity index (χ1) is 11.2. The third kappa shape index (κ3) is 6.83. The predicted octanol–water partition coefficient (Wildman–Crippen LogP) is 3.35. The average molecular weight is 367 g/mol. The molecule has 0 saturated heterocycles. The van der Waals surface area contributed by atoms with E-state index in [-0.39, 0.29) is 18.3 Å². The summed E-state index contributed by atoms with van der Waals surface area (Å²) in [4.78, 5) is 12.7. The summed E-state index contributed by atoms with van der Waals surface area (Å²) in [5.74, 6) is 0.439. The number of carbonyl (C=O) groups excluding carboxylic acids is 1. The zero-order chi connectivity index (χ0) is 16.5. The van der Waals surface area contributed by atoms with E-state index in [1.54, 1.807) is 0 Å². The van der Waals surface area contributed by atoms with Crippen LogP contribution in [0, 0.1) is 0 Å². The molecule has 2 N–H and O–H groups in total. The molecule has 0 radical (unpaired) electrons. The normalized spacial score (nSPS) is 11.4. The molecular formula is C18H23ClN2O2S. The van der Waals surface area contributed by atoms with Crippen LogP contribution in [0.2, 0.25) is 0 Å². The highest BCUT2D eigenvalue weighted by molar-refractivity contribution is 7.84. The largest absolute Gasteiger partial charge is 0.326 e. The molecular weight excluding hydrogens is 344 g/mol. The first-order valence-electron chi connectivity index (χ1n) is 7.66. The molecule has 1 amide bonds. The quantitative estimate of drug-likeness (QED) is 0.704. The molecule has 0 bridgehead atoms. The van der Waals surface area contributed by atoms with Gasteiger partial charge in [0.1, 0.15) is 0 Å². The van der Waals surface area contributed by atoms with Crippen molar-refractivity contribution in [3.05, 3.63) is 60.2 Å². The van der Waals surface area contributed by atoms with Gasteiger partial charge in [-0.1, -0.05) is 30.3 Å². The summed E-state index contributed by atoms with van der Waals surface area (Å²) in [7, 11) is 0.787. The Bertz CT molecular complexity index is 665. The third-order valence-electron chi connectivity index (χ3n) is 3.35. The summed E-state index contributed by atoms with van der Waals surface area (Å²) in [6, 6.07) is 16.9. The third-order valence-corrected chi connectivity index (χ3v) is 4.74. The number of anilines is 1. The molecule has 0 fully saturated rings. The molecule has 2 aromatic carbocycles. The van der Waals surface area contributed by atoms with Gasteiger partial charge in [-0.2, -0.15) is 0 Å². The Labute approximate surface area is 151 Å². The fourth-order valence-electron chi connectivity index (χ4n) is 2.20. The van der Waals surface area contributed by atoms with E-state index in [4.69, 9.17) is 0 Å². The molecule has 1 unspecified atom stereocenters. The molecule has 24 heavy (non-hydrogen) atoms. The Balaban J connectivity index is 0.00000288. The van der Waals surface area contributed by atoms with Crippen LogP contribution in [0.5, 0.6) is 0 Å². The maximum Gasteiger partial charge on any atom is 0.224 e. The number of benzene rings is 2. The van der Waals surface area contributed by atoms with E-state index in [1.807, 2.05) is 61.6 Å². The molecule has 1 atom stereocenters. The highest BCUT2D eigenvalue weighted by atomic mass is 35.5. The minimum atomic E-state index is -1.08. The standard InChI is InChI=1S/C18H22N2O2S.ClH/c1-19-12-6-11-18(21)20-16-8-5-7-15(13-16)14-23(22)17-9-3-2-4-10-17;/h2-5,7-10,13,19H,6,11-12,14H2,1H3,(H,20,21);1H. The van der Waals surface area contributed by atoms with Gasteiger partial charge in [0.05, 0.1) is 16.6 Å². The van der Waals surface area contributed by atoms with E-state index >= 15 is 0 Å². The van der Waals surface area contributed by atoms with Gasteiger partial charge in [0.25, 0.3) is 0 Å². The van der Waals surface area contributed by atoms with E-state index in [9.17, 15) is 9.00 Å². The molecule has 0 aliphatic heterocycles. The molecule has 0 aliphatic rings. The molecule has 130 valence electrons. The average Bonchev–Trinajstić information content (AvgIpc) is 2.56. The van der Waals surface area contributed by atoms with Crippen molar-refractivity contribution in [1.29, 1.82) is 0 Å². The molecule has 4 nitrogen and oxygen atoms in total. The van der Waals surface area contributed by atoms with Crippen molar-refractivity contribution in [2.24, 2.45) is 0 Å². The molecule has 2 aromatic rings. The summed E-state index contributed by atoms with van der Waals surface area (Å²) in [6.07, 6.45) is 1.29. The maximum atomic E-state index is 12.3. The highest BCUT2D eigenvalue weighted by Crippen LogP contribution is 2.16. The van der Waals surface area contributed by atoms with Crippen LogP contribution < -0.4 is 10.6 Å². The topological polar surface area (TPSA) is 58.2 Å². The predicted molar refractivity (Wildman–Crippen MR) is 102 cm³/mol. The van der Waals surface area contributed by atoms with Gasteiger partial charge < -0.3 is 10.6 Å². The zero-order valence-electron chi connectivity index (χ0n) is 13.7. The van der Waals surface area contributed by atoms with Crippen molar-refractivity contribution >= 4 is 34.8 Å². The van der Waals surface area contributed by atoms with E-state index < -0.39 is 10.8 Å². The molecule has 6 heteroatoms. The first-order valence-corrected chi connectivity index (χ1v) is 8.98. The van der Waals surface area contributed by atoms with Crippen molar-refractivity contribution in [2.75, 3.05) is 18.9 Å². The van der Waals surface area contributed by atoms with E-state index in [2.05, 4.69) is 10.6 Å². The first kappa shape index (κ1) is 20.4. The molecule has 0 heterocycles. The summed E-state index contributed by atoms with van der Waals surface area (Å²) in [5, 5.41) is 5.91. The van der Waals surface area contributed by atoms with Gasteiger partial charge in [0.15, 0.2) is 0 Å². The van der Waals surface area contributed by atoms with Crippen molar-refractivity contribution in [3.8, 4) is 0 Å². The Morgan fingerprint density at radius 1 is 1.08 bits per heavy atom. The van der Waals surface area contributed by atoms with Crippen molar-refractivity contribution < 1.29 is 9.00 Å². The number of amides is 1. The number of carbonyl (C=O) groups is 1. The van der Waals surface area contributed by atoms with Gasteiger partial charge in [0, 0.05) is 17.0 Å². The van der Waals surface area contributed by atoms with Gasteiger partial charge in [-0.15, -0.1) is 12.4 Å². The Kier molecular flexibility index (Phi) is 9.30. The van der Waals surface area contributed by atoms with Crippen LogP contribution in [0.4, 0.5) is 5.69 Å². The Morgan fingerprint density at radius 3 is 2.54 bits per heavy atom. The lowest BCUT2D eigenvalue weighted by atomic mass is 10.2. The maximum absolute atomic E-state index is 12.3. The van der Waals surface area contributed by atoms with Crippen LogP contribution in [-0.4, -0.2) is 23.7 Å². The lowest BCUT2D eigenvalue weighted by Gasteiger charge is -2.08. The number of hydrogen-bond acceptors (Lipinski definition) is 3. The zero-order valence-corrected chi connectivity index (χ0v) is 15.3. The number of nitrogens with one attached hydrogen (secondary N) is 2. The summed E-state index contributed by atoms with van der Waals surface area (Å²) < 4.78 is 12.3. The lowest BCUT2D eigenvalue weighted by molar-refractivity contribution is -0.116. The molecule has 0 aliphatic carbocycles. The van der Waals surface area contributed by atoms with Crippen molar-refractivity contribution in [3.63, 3.8) is 0 Å². The molecule has 0 aromatic heterocycles. The Morgan fingerprint density at radius 2 is 1.83 bits per heavy atom. The molecule has 0 saturated carbocycles. The summed E-state index contributed by atoms with van der Waals surface area (Å²) >= 11 is 0. The van der Waals surface area contributed by atoms with Crippen LogP contribution in [0.15, 0.2) is 59.5 Å². The SMILES string of the molecule is CNCCCC(=O)Nc1cccc(CS(=O)c2ccccc2)c1.Cl. The second-order valence-electron chi connectivity index (χ2n) is 5.26. The minimum absolute atomic E-state index is 0. The number of rotatable bonds is 8. The van der Waals surface area contributed by atoms with E-state index in [1.165, 1.54) is 0 Å². The summed E-state index contributed by atoms with van der Waals surface area (Å²) in [5.41, 5.74) is 1.70. The number of halogens is 1. The van der Waals surface area contributed by atoms with Gasteiger partial charge >= 0.3 is 0 Å².